The Kier molecular flexibility index (Phi) is 4.39. The van der Waals surface area contributed by atoms with Crippen LogP contribution >= 0.6 is 0 Å². The van der Waals surface area contributed by atoms with Crippen molar-refractivity contribution in [2.24, 2.45) is 0 Å². The van der Waals surface area contributed by atoms with Crippen molar-refractivity contribution in [1.29, 1.82) is 0 Å². The van der Waals surface area contributed by atoms with E-state index in [9.17, 15) is 9.90 Å². The molecule has 19 heavy (non-hydrogen) atoms. The fraction of sp³-hybridized carbons (Fsp3) is 0.312. The third-order valence-corrected chi connectivity index (χ3v) is 3.25. The van der Waals surface area contributed by atoms with Gasteiger partial charge < -0.3 is 9.67 Å². The maximum Gasteiger partial charge on any atom is 0.352 e. The Morgan fingerprint density at radius 1 is 1.16 bits per heavy atom. The highest BCUT2D eigenvalue weighted by atomic mass is 16.4. The van der Waals surface area contributed by atoms with Crippen molar-refractivity contribution in [1.82, 2.24) is 4.57 Å². The fourth-order valence-electron chi connectivity index (χ4n) is 2.24. The van der Waals surface area contributed by atoms with E-state index in [2.05, 4.69) is 19.1 Å². The van der Waals surface area contributed by atoms with Crippen LogP contribution < -0.4 is 0 Å². The highest BCUT2D eigenvalue weighted by Gasteiger charge is 2.13. The van der Waals surface area contributed by atoms with Gasteiger partial charge in [-0.05, 0) is 24.1 Å². The first-order valence-corrected chi connectivity index (χ1v) is 6.68. The molecule has 1 heterocycles. The van der Waals surface area contributed by atoms with E-state index in [-0.39, 0.29) is 0 Å². The summed E-state index contributed by atoms with van der Waals surface area (Å²) in [5.74, 6) is -0.851. The van der Waals surface area contributed by atoms with Gasteiger partial charge in [-0.2, -0.15) is 0 Å². The van der Waals surface area contributed by atoms with E-state index < -0.39 is 5.97 Å². The van der Waals surface area contributed by atoms with Crippen molar-refractivity contribution in [2.75, 3.05) is 0 Å². The van der Waals surface area contributed by atoms with Gasteiger partial charge in [0.25, 0.3) is 0 Å². The third kappa shape index (κ3) is 3.25. The summed E-state index contributed by atoms with van der Waals surface area (Å²) >= 11 is 0. The van der Waals surface area contributed by atoms with Crippen LogP contribution in [0.1, 0.15) is 41.5 Å². The van der Waals surface area contributed by atoms with Gasteiger partial charge in [0.05, 0.1) is 0 Å². The summed E-state index contributed by atoms with van der Waals surface area (Å²) in [4.78, 5) is 11.2. The lowest BCUT2D eigenvalue weighted by molar-refractivity contribution is 0.0684. The molecule has 1 aromatic heterocycles. The molecule has 0 fully saturated rings. The zero-order chi connectivity index (χ0) is 13.7. The number of nitrogens with zero attached hydrogens (tertiary/aromatic N) is 1. The van der Waals surface area contributed by atoms with E-state index in [4.69, 9.17) is 0 Å². The lowest BCUT2D eigenvalue weighted by Crippen LogP contribution is -2.11. The van der Waals surface area contributed by atoms with Gasteiger partial charge in [-0.3, -0.25) is 0 Å². The van der Waals surface area contributed by atoms with E-state index in [0.29, 0.717) is 5.69 Å². The number of rotatable bonds is 6. The van der Waals surface area contributed by atoms with Gasteiger partial charge >= 0.3 is 5.97 Å². The highest BCUT2D eigenvalue weighted by molar-refractivity contribution is 5.86. The average molecular weight is 257 g/mol. The molecule has 0 aliphatic heterocycles. The molecule has 0 aliphatic carbocycles. The molecule has 0 saturated carbocycles. The van der Waals surface area contributed by atoms with Crippen LogP contribution in [0, 0.1) is 0 Å². The maximum atomic E-state index is 11.2. The Morgan fingerprint density at radius 3 is 2.53 bits per heavy atom. The molecule has 0 spiro atoms. The lowest BCUT2D eigenvalue weighted by atomic mass is 10.1. The molecule has 0 saturated heterocycles. The second-order valence-corrected chi connectivity index (χ2v) is 4.68. The molecule has 1 N–H and O–H groups in total. The van der Waals surface area contributed by atoms with Gasteiger partial charge in [0.15, 0.2) is 0 Å². The average Bonchev–Trinajstić information content (AvgIpc) is 2.80. The highest BCUT2D eigenvalue weighted by Crippen LogP contribution is 2.15. The fourth-order valence-corrected chi connectivity index (χ4v) is 2.24. The first-order chi connectivity index (χ1) is 9.22. The first-order valence-electron chi connectivity index (χ1n) is 6.68. The van der Waals surface area contributed by atoms with Crippen LogP contribution in [-0.4, -0.2) is 15.6 Å². The van der Waals surface area contributed by atoms with Gasteiger partial charge in [-0.25, -0.2) is 4.79 Å². The molecule has 0 bridgehead atoms. The summed E-state index contributed by atoms with van der Waals surface area (Å²) in [6.45, 7) is 2.88. The summed E-state index contributed by atoms with van der Waals surface area (Å²) < 4.78 is 1.93. The molecule has 0 radical (unpaired) electrons. The van der Waals surface area contributed by atoms with Gasteiger partial charge in [0.1, 0.15) is 5.69 Å². The number of hydrogen-bond acceptors (Lipinski definition) is 1. The largest absolute Gasteiger partial charge is 0.477 e. The van der Waals surface area contributed by atoms with Crippen molar-refractivity contribution in [3.63, 3.8) is 0 Å². The molecule has 3 nitrogen and oxygen atoms in total. The normalized spacial score (nSPS) is 10.6. The SMILES string of the molecule is CCCCn1c(Cc2ccccc2)ccc1C(=O)O. The number of carboxylic acid groups (broad SMARTS) is 1. The van der Waals surface area contributed by atoms with Crippen LogP contribution in [0.4, 0.5) is 0 Å². The second kappa shape index (κ2) is 6.23. The third-order valence-electron chi connectivity index (χ3n) is 3.25. The van der Waals surface area contributed by atoms with Gasteiger partial charge in [0.2, 0.25) is 0 Å². The van der Waals surface area contributed by atoms with Gasteiger partial charge in [0, 0.05) is 18.7 Å². The van der Waals surface area contributed by atoms with Crippen LogP contribution in [0.15, 0.2) is 42.5 Å². The van der Waals surface area contributed by atoms with Crippen LogP contribution in [0.5, 0.6) is 0 Å². The Bertz CT molecular complexity index is 543. The Hall–Kier alpha value is -2.03. The summed E-state index contributed by atoms with van der Waals surface area (Å²) in [6.07, 6.45) is 2.83. The van der Waals surface area contributed by atoms with E-state index in [0.717, 1.165) is 31.5 Å². The Balaban J connectivity index is 2.26. The molecule has 2 aromatic rings. The summed E-state index contributed by atoms with van der Waals surface area (Å²) in [5, 5.41) is 9.22. The number of carbonyl (C=O) groups is 1. The Labute approximate surface area is 113 Å². The van der Waals surface area contributed by atoms with Gasteiger partial charge in [-0.15, -0.1) is 0 Å². The molecule has 100 valence electrons. The minimum atomic E-state index is -0.851. The minimum absolute atomic E-state index is 0.388. The molecular weight excluding hydrogens is 238 g/mol. The maximum absolute atomic E-state index is 11.2. The topological polar surface area (TPSA) is 42.2 Å². The summed E-state index contributed by atoms with van der Waals surface area (Å²) in [7, 11) is 0. The van der Waals surface area contributed by atoms with E-state index in [1.165, 1.54) is 5.56 Å². The van der Waals surface area contributed by atoms with Crippen molar-refractivity contribution in [3.8, 4) is 0 Å². The second-order valence-electron chi connectivity index (χ2n) is 4.68. The van der Waals surface area contributed by atoms with E-state index in [1.807, 2.05) is 28.8 Å². The summed E-state index contributed by atoms with van der Waals surface area (Å²) in [6, 6.07) is 13.8. The van der Waals surface area contributed by atoms with Crippen molar-refractivity contribution in [3.05, 3.63) is 59.4 Å². The molecule has 1 aromatic carbocycles. The van der Waals surface area contributed by atoms with Crippen LogP contribution in [0.2, 0.25) is 0 Å². The van der Waals surface area contributed by atoms with E-state index >= 15 is 0 Å². The predicted molar refractivity (Wildman–Crippen MR) is 75.5 cm³/mol. The Morgan fingerprint density at radius 2 is 1.89 bits per heavy atom. The van der Waals surface area contributed by atoms with Crippen LogP contribution in [-0.2, 0) is 13.0 Å². The van der Waals surface area contributed by atoms with E-state index in [1.54, 1.807) is 6.07 Å². The number of aromatic nitrogens is 1. The smallest absolute Gasteiger partial charge is 0.352 e. The van der Waals surface area contributed by atoms with Crippen molar-refractivity contribution in [2.45, 2.75) is 32.7 Å². The lowest BCUT2D eigenvalue weighted by Gasteiger charge is -2.11. The number of unbranched alkanes of at least 4 members (excludes halogenated alkanes) is 1. The minimum Gasteiger partial charge on any atom is -0.477 e. The number of hydrogen-bond donors (Lipinski definition) is 1. The predicted octanol–water partition coefficient (Wildman–Crippen LogP) is 3.58. The molecule has 0 unspecified atom stereocenters. The zero-order valence-corrected chi connectivity index (χ0v) is 11.2. The molecular formula is C16H19NO2. The van der Waals surface area contributed by atoms with Crippen molar-refractivity contribution >= 4 is 5.97 Å². The quantitative estimate of drug-likeness (QED) is 0.859. The van der Waals surface area contributed by atoms with Crippen molar-refractivity contribution < 1.29 is 9.90 Å². The molecule has 0 aliphatic rings. The van der Waals surface area contributed by atoms with Crippen LogP contribution in [0.25, 0.3) is 0 Å². The first kappa shape index (κ1) is 13.4. The van der Waals surface area contributed by atoms with Gasteiger partial charge in [-0.1, -0.05) is 43.7 Å². The zero-order valence-electron chi connectivity index (χ0n) is 11.2. The standard InChI is InChI=1S/C16H19NO2/c1-2-3-11-17-14(9-10-15(17)16(18)19)12-13-7-5-4-6-8-13/h4-10H,2-3,11-12H2,1H3,(H,18,19). The molecule has 2 rings (SSSR count). The number of aromatic carboxylic acids is 1. The summed E-state index contributed by atoms with van der Waals surface area (Å²) in [5.41, 5.74) is 2.66. The molecule has 3 heteroatoms. The molecule has 0 atom stereocenters. The van der Waals surface area contributed by atoms with Crippen LogP contribution in [0.3, 0.4) is 0 Å². The number of benzene rings is 1. The molecule has 0 amide bonds. The number of carboxylic acids is 1. The monoisotopic (exact) mass is 257 g/mol.